The van der Waals surface area contributed by atoms with E-state index < -0.39 is 10.0 Å². The smallest absolute Gasteiger partial charge is 0.251 e. The number of hydrogen-bond donors (Lipinski definition) is 2. The van der Waals surface area contributed by atoms with Crippen molar-refractivity contribution in [2.75, 3.05) is 13.2 Å². The van der Waals surface area contributed by atoms with Crippen molar-refractivity contribution in [3.8, 4) is 5.75 Å². The number of hydrogen-bond acceptors (Lipinski definition) is 4. The van der Waals surface area contributed by atoms with Crippen molar-refractivity contribution in [1.82, 2.24) is 5.32 Å². The molecule has 1 amide bonds. The van der Waals surface area contributed by atoms with Crippen molar-refractivity contribution in [2.45, 2.75) is 25.7 Å². The molecule has 0 aliphatic rings. The van der Waals surface area contributed by atoms with Crippen LogP contribution in [0, 0.1) is 5.92 Å². The van der Waals surface area contributed by atoms with Crippen LogP contribution in [0.2, 0.25) is 0 Å². The van der Waals surface area contributed by atoms with Crippen LogP contribution < -0.4 is 15.2 Å². The van der Waals surface area contributed by atoms with Gasteiger partial charge in [0.15, 0.2) is 0 Å². The first-order valence-corrected chi connectivity index (χ1v) is 7.88. The van der Waals surface area contributed by atoms with E-state index in [9.17, 15) is 13.2 Å². The molecule has 6 nitrogen and oxygen atoms in total. The molecule has 0 saturated heterocycles. The molecule has 1 aromatic carbocycles. The van der Waals surface area contributed by atoms with E-state index in [0.717, 1.165) is 0 Å². The van der Waals surface area contributed by atoms with E-state index in [-0.39, 0.29) is 22.1 Å². The van der Waals surface area contributed by atoms with Crippen molar-refractivity contribution in [1.29, 1.82) is 0 Å². The molecule has 0 aliphatic heterocycles. The minimum Gasteiger partial charge on any atom is -0.492 e. The lowest BCUT2D eigenvalue weighted by atomic mass is 10.2. The van der Waals surface area contributed by atoms with Gasteiger partial charge in [-0.3, -0.25) is 4.79 Å². The predicted octanol–water partition coefficient (Wildman–Crippen LogP) is 1.12. The van der Waals surface area contributed by atoms with Gasteiger partial charge in [-0.2, -0.15) is 0 Å². The Morgan fingerprint density at radius 3 is 2.55 bits per heavy atom. The summed E-state index contributed by atoms with van der Waals surface area (Å²) in [7, 11) is -3.95. The van der Waals surface area contributed by atoms with Crippen molar-refractivity contribution in [3.05, 3.63) is 23.8 Å². The number of benzene rings is 1. The molecule has 0 atom stereocenters. The number of primary sulfonamides is 1. The Morgan fingerprint density at radius 2 is 2.05 bits per heavy atom. The minimum atomic E-state index is -3.95. The zero-order valence-corrected chi connectivity index (χ0v) is 12.7. The first-order valence-electron chi connectivity index (χ1n) is 6.33. The maximum atomic E-state index is 11.9. The molecule has 0 heterocycles. The number of carbonyl (C=O) groups excluding carboxylic acids is 1. The van der Waals surface area contributed by atoms with E-state index in [4.69, 9.17) is 9.88 Å². The highest BCUT2D eigenvalue weighted by atomic mass is 32.2. The number of sulfonamides is 1. The van der Waals surface area contributed by atoms with Gasteiger partial charge in [-0.05, 0) is 31.0 Å². The van der Waals surface area contributed by atoms with Gasteiger partial charge in [0, 0.05) is 12.1 Å². The summed E-state index contributed by atoms with van der Waals surface area (Å²) in [6.07, 6.45) is 0. The number of rotatable bonds is 6. The Bertz CT molecular complexity index is 582. The van der Waals surface area contributed by atoms with Gasteiger partial charge in [0.1, 0.15) is 10.6 Å². The largest absolute Gasteiger partial charge is 0.492 e. The Kier molecular flexibility index (Phi) is 5.52. The van der Waals surface area contributed by atoms with Crippen molar-refractivity contribution >= 4 is 15.9 Å². The molecule has 0 saturated carbocycles. The molecular formula is C13H20N2O4S. The third-order valence-corrected chi connectivity index (χ3v) is 3.42. The molecular weight excluding hydrogens is 280 g/mol. The molecule has 1 rings (SSSR count). The Morgan fingerprint density at radius 1 is 1.40 bits per heavy atom. The number of carbonyl (C=O) groups is 1. The Hall–Kier alpha value is -1.60. The van der Waals surface area contributed by atoms with Gasteiger partial charge in [-0.1, -0.05) is 13.8 Å². The van der Waals surface area contributed by atoms with Crippen LogP contribution in [0.3, 0.4) is 0 Å². The lowest BCUT2D eigenvalue weighted by Gasteiger charge is -2.11. The first-order chi connectivity index (χ1) is 9.25. The van der Waals surface area contributed by atoms with Crippen LogP contribution in [-0.2, 0) is 10.0 Å². The zero-order valence-electron chi connectivity index (χ0n) is 11.8. The summed E-state index contributed by atoms with van der Waals surface area (Å²) in [5.41, 5.74) is 0.234. The van der Waals surface area contributed by atoms with Crippen LogP contribution in [-0.4, -0.2) is 27.5 Å². The topological polar surface area (TPSA) is 98.5 Å². The molecule has 0 radical (unpaired) electrons. The maximum absolute atomic E-state index is 11.9. The summed E-state index contributed by atoms with van der Waals surface area (Å²) in [6, 6.07) is 4.18. The summed E-state index contributed by atoms with van der Waals surface area (Å²) < 4.78 is 28.3. The van der Waals surface area contributed by atoms with Crippen molar-refractivity contribution in [3.63, 3.8) is 0 Å². The lowest BCUT2D eigenvalue weighted by Crippen LogP contribution is -2.27. The van der Waals surface area contributed by atoms with E-state index in [2.05, 4.69) is 5.32 Å². The van der Waals surface area contributed by atoms with Gasteiger partial charge in [0.05, 0.1) is 6.61 Å². The lowest BCUT2D eigenvalue weighted by molar-refractivity contribution is 0.0948. The quantitative estimate of drug-likeness (QED) is 0.822. The molecule has 0 aromatic heterocycles. The molecule has 3 N–H and O–H groups in total. The van der Waals surface area contributed by atoms with Crippen LogP contribution in [0.5, 0.6) is 5.75 Å². The number of amides is 1. The highest BCUT2D eigenvalue weighted by Crippen LogP contribution is 2.24. The third-order valence-electron chi connectivity index (χ3n) is 2.48. The van der Waals surface area contributed by atoms with E-state index in [1.165, 1.54) is 18.2 Å². The fourth-order valence-corrected chi connectivity index (χ4v) is 2.24. The van der Waals surface area contributed by atoms with E-state index in [1.807, 2.05) is 13.8 Å². The van der Waals surface area contributed by atoms with Gasteiger partial charge in [0.25, 0.3) is 5.91 Å². The number of ether oxygens (including phenoxy) is 1. The first kappa shape index (κ1) is 16.5. The molecule has 0 fully saturated rings. The Balaban J connectivity index is 3.10. The average Bonchev–Trinajstić information content (AvgIpc) is 2.35. The van der Waals surface area contributed by atoms with E-state index in [0.29, 0.717) is 19.1 Å². The summed E-state index contributed by atoms with van der Waals surface area (Å²) in [5, 5.41) is 7.85. The normalized spacial score (nSPS) is 11.4. The average molecular weight is 300 g/mol. The van der Waals surface area contributed by atoms with E-state index >= 15 is 0 Å². The molecule has 0 spiro atoms. The van der Waals surface area contributed by atoms with Crippen LogP contribution in [0.4, 0.5) is 0 Å². The van der Waals surface area contributed by atoms with Gasteiger partial charge in [-0.15, -0.1) is 0 Å². The third kappa shape index (κ3) is 4.50. The summed E-state index contributed by atoms with van der Waals surface area (Å²) >= 11 is 0. The highest BCUT2D eigenvalue weighted by molar-refractivity contribution is 7.89. The monoisotopic (exact) mass is 300 g/mol. The molecule has 7 heteroatoms. The van der Waals surface area contributed by atoms with Crippen molar-refractivity contribution in [2.24, 2.45) is 11.1 Å². The summed E-state index contributed by atoms with van der Waals surface area (Å²) in [4.78, 5) is 11.7. The van der Waals surface area contributed by atoms with Gasteiger partial charge < -0.3 is 10.1 Å². The van der Waals surface area contributed by atoms with Crippen LogP contribution in [0.25, 0.3) is 0 Å². The number of nitrogens with two attached hydrogens (primary N) is 1. The summed E-state index contributed by atoms with van der Waals surface area (Å²) in [6.45, 7) is 6.48. The standard InChI is InChI=1S/C13H20N2O4S/c1-4-19-11-6-5-10(7-12(11)20(14,17)18)13(16)15-8-9(2)3/h5-7,9H,4,8H2,1-3H3,(H,15,16)(H2,14,17,18). The number of nitrogens with one attached hydrogen (secondary N) is 1. The minimum absolute atomic E-state index is 0.149. The Labute approximate surface area is 119 Å². The van der Waals surface area contributed by atoms with Gasteiger partial charge >= 0.3 is 0 Å². The summed E-state index contributed by atoms with van der Waals surface area (Å²) in [5.74, 6) is 0.112. The molecule has 1 aromatic rings. The SMILES string of the molecule is CCOc1ccc(C(=O)NCC(C)C)cc1S(N)(=O)=O. The van der Waals surface area contributed by atoms with Crippen LogP contribution in [0.15, 0.2) is 23.1 Å². The molecule has 112 valence electrons. The zero-order chi connectivity index (χ0) is 15.3. The fourth-order valence-electron chi connectivity index (χ4n) is 1.55. The van der Waals surface area contributed by atoms with Crippen LogP contribution >= 0.6 is 0 Å². The second kappa shape index (κ2) is 6.71. The van der Waals surface area contributed by atoms with Gasteiger partial charge in [-0.25, -0.2) is 13.6 Å². The second-order valence-corrected chi connectivity index (χ2v) is 6.27. The molecule has 20 heavy (non-hydrogen) atoms. The maximum Gasteiger partial charge on any atom is 0.251 e. The molecule has 0 bridgehead atoms. The molecule has 0 unspecified atom stereocenters. The van der Waals surface area contributed by atoms with Gasteiger partial charge in [0.2, 0.25) is 10.0 Å². The predicted molar refractivity (Wildman–Crippen MR) is 76.2 cm³/mol. The highest BCUT2D eigenvalue weighted by Gasteiger charge is 2.18. The van der Waals surface area contributed by atoms with Crippen molar-refractivity contribution < 1.29 is 17.9 Å². The molecule has 0 aliphatic carbocycles. The van der Waals surface area contributed by atoms with Crippen LogP contribution in [0.1, 0.15) is 31.1 Å². The van der Waals surface area contributed by atoms with E-state index in [1.54, 1.807) is 6.92 Å². The second-order valence-electron chi connectivity index (χ2n) is 4.74. The fraction of sp³-hybridized carbons (Fsp3) is 0.462.